The minimum atomic E-state index is -0.538. The molecule has 0 aromatic carbocycles. The molecule has 0 radical (unpaired) electrons. The van der Waals surface area contributed by atoms with Crippen molar-refractivity contribution in [2.75, 3.05) is 0 Å². The molecular weight excluding hydrogens is 220 g/mol. The van der Waals surface area contributed by atoms with Gasteiger partial charge in [0.25, 0.3) is 5.56 Å². The molecule has 2 N–H and O–H groups in total. The Hall–Kier alpha value is -1.52. The molecule has 96 valence electrons. The Balaban J connectivity index is 3.66. The topological polar surface area (TPSA) is 75.1 Å². The van der Waals surface area contributed by atoms with E-state index in [0.29, 0.717) is 0 Å². The van der Waals surface area contributed by atoms with Crippen LogP contribution in [0, 0.1) is 6.92 Å². The van der Waals surface area contributed by atoms with Crippen LogP contribution in [0.25, 0.3) is 0 Å². The molecule has 0 aliphatic carbocycles. The van der Waals surface area contributed by atoms with Crippen molar-refractivity contribution < 1.29 is 5.11 Å². The lowest BCUT2D eigenvalue weighted by molar-refractivity contribution is 0.209. The zero-order valence-corrected chi connectivity index (χ0v) is 10.8. The van der Waals surface area contributed by atoms with E-state index in [1.165, 1.54) is 11.5 Å². The molecule has 0 bridgehead atoms. The predicted molar refractivity (Wildman–Crippen MR) is 66.6 cm³/mol. The van der Waals surface area contributed by atoms with Crippen LogP contribution in [0.4, 0.5) is 0 Å². The van der Waals surface area contributed by atoms with E-state index in [4.69, 9.17) is 0 Å². The van der Waals surface area contributed by atoms with Gasteiger partial charge in [-0.25, -0.2) is 4.79 Å². The predicted octanol–water partition coefficient (Wildman–Crippen LogP) is 1.48. The average Bonchev–Trinajstić information content (AvgIpc) is 2.32. The van der Waals surface area contributed by atoms with Crippen LogP contribution < -0.4 is 11.2 Å². The van der Waals surface area contributed by atoms with Gasteiger partial charge in [-0.3, -0.25) is 14.3 Å². The minimum Gasteiger partial charge on any atom is -0.494 e. The van der Waals surface area contributed by atoms with Gasteiger partial charge in [0, 0.05) is 0 Å². The second-order valence-electron chi connectivity index (χ2n) is 4.33. The van der Waals surface area contributed by atoms with Crippen molar-refractivity contribution in [1.82, 2.24) is 9.55 Å². The van der Waals surface area contributed by atoms with Gasteiger partial charge in [0.15, 0.2) is 0 Å². The van der Waals surface area contributed by atoms with Gasteiger partial charge >= 0.3 is 5.69 Å². The molecule has 0 saturated heterocycles. The molecule has 0 saturated carbocycles. The number of aromatic hydroxyl groups is 1. The van der Waals surface area contributed by atoms with Crippen LogP contribution in [0.5, 0.6) is 5.88 Å². The fraction of sp³-hybridized carbons (Fsp3) is 0.667. The van der Waals surface area contributed by atoms with Crippen LogP contribution >= 0.6 is 0 Å². The summed E-state index contributed by atoms with van der Waals surface area (Å²) in [5, 5.41) is 10.0. The molecule has 1 aromatic heterocycles. The van der Waals surface area contributed by atoms with Crippen molar-refractivity contribution >= 4 is 0 Å². The van der Waals surface area contributed by atoms with Crippen molar-refractivity contribution in [2.24, 2.45) is 0 Å². The molecule has 5 nitrogen and oxygen atoms in total. The van der Waals surface area contributed by atoms with Crippen LogP contribution in [-0.4, -0.2) is 14.7 Å². The lowest BCUT2D eigenvalue weighted by Gasteiger charge is -2.33. The lowest BCUT2D eigenvalue weighted by atomic mass is 9.89. The number of H-pyrrole nitrogens is 1. The first kappa shape index (κ1) is 13.5. The number of nitrogens with zero attached hydrogens (tertiary/aromatic N) is 1. The highest BCUT2D eigenvalue weighted by Gasteiger charge is 2.30. The number of aromatic amines is 1. The van der Waals surface area contributed by atoms with Crippen molar-refractivity contribution in [1.29, 1.82) is 0 Å². The third kappa shape index (κ3) is 2.01. The zero-order chi connectivity index (χ0) is 13.2. The quantitative estimate of drug-likeness (QED) is 0.837. The fourth-order valence-electron chi connectivity index (χ4n) is 2.28. The lowest BCUT2D eigenvalue weighted by Crippen LogP contribution is -2.43. The molecule has 0 amide bonds. The number of rotatable bonds is 4. The summed E-state index contributed by atoms with van der Waals surface area (Å²) in [6.45, 7) is 7.42. The normalized spacial score (nSPS) is 11.8. The first-order valence-electron chi connectivity index (χ1n) is 5.98. The Labute approximate surface area is 100 Å². The van der Waals surface area contributed by atoms with Crippen LogP contribution in [-0.2, 0) is 5.54 Å². The van der Waals surface area contributed by atoms with E-state index in [2.05, 4.69) is 4.98 Å². The third-order valence-electron chi connectivity index (χ3n) is 3.76. The molecule has 1 aromatic rings. The Bertz CT molecular complexity index is 501. The number of aromatic nitrogens is 2. The maximum absolute atomic E-state index is 11.9. The maximum atomic E-state index is 11.9. The van der Waals surface area contributed by atoms with Crippen LogP contribution in [0.1, 0.15) is 45.6 Å². The Kier molecular flexibility index (Phi) is 3.80. The van der Waals surface area contributed by atoms with Gasteiger partial charge < -0.3 is 5.11 Å². The average molecular weight is 240 g/mol. The highest BCUT2D eigenvalue weighted by molar-refractivity contribution is 5.22. The van der Waals surface area contributed by atoms with Crippen LogP contribution in [0.2, 0.25) is 0 Å². The van der Waals surface area contributed by atoms with Gasteiger partial charge in [-0.15, -0.1) is 0 Å². The van der Waals surface area contributed by atoms with Crippen LogP contribution in [0.15, 0.2) is 9.59 Å². The van der Waals surface area contributed by atoms with E-state index in [1.54, 1.807) is 0 Å². The van der Waals surface area contributed by atoms with E-state index in [1.807, 2.05) is 20.8 Å². The fourth-order valence-corrected chi connectivity index (χ4v) is 2.28. The number of hydrogen-bond donors (Lipinski definition) is 2. The first-order chi connectivity index (χ1) is 7.93. The summed E-state index contributed by atoms with van der Waals surface area (Å²) in [6, 6.07) is 0. The molecule has 1 heterocycles. The molecule has 17 heavy (non-hydrogen) atoms. The van der Waals surface area contributed by atoms with Crippen molar-refractivity contribution in [3.8, 4) is 5.88 Å². The molecule has 1 rings (SSSR count). The third-order valence-corrected chi connectivity index (χ3v) is 3.76. The molecule has 0 aliphatic rings. The van der Waals surface area contributed by atoms with Crippen LogP contribution in [0.3, 0.4) is 0 Å². The minimum absolute atomic E-state index is 0.185. The highest BCUT2D eigenvalue weighted by Crippen LogP contribution is 2.31. The van der Waals surface area contributed by atoms with Gasteiger partial charge in [-0.05, 0) is 26.2 Å². The second-order valence-corrected chi connectivity index (χ2v) is 4.33. The summed E-state index contributed by atoms with van der Waals surface area (Å²) >= 11 is 0. The Morgan fingerprint density at radius 3 is 2.06 bits per heavy atom. The molecule has 0 aliphatic heterocycles. The monoisotopic (exact) mass is 240 g/mol. The van der Waals surface area contributed by atoms with E-state index in [-0.39, 0.29) is 11.4 Å². The van der Waals surface area contributed by atoms with Crippen molar-refractivity contribution in [3.63, 3.8) is 0 Å². The summed E-state index contributed by atoms with van der Waals surface area (Å²) < 4.78 is 1.32. The van der Waals surface area contributed by atoms with Crippen molar-refractivity contribution in [3.05, 3.63) is 26.4 Å². The summed E-state index contributed by atoms with van der Waals surface area (Å²) in [5.41, 5.74) is -1.32. The van der Waals surface area contributed by atoms with Gasteiger partial charge in [-0.2, -0.15) is 0 Å². The first-order valence-corrected chi connectivity index (χ1v) is 5.98. The smallest absolute Gasteiger partial charge is 0.331 e. The van der Waals surface area contributed by atoms with Gasteiger partial charge in [-0.1, -0.05) is 20.8 Å². The van der Waals surface area contributed by atoms with E-state index in [0.717, 1.165) is 19.3 Å². The summed E-state index contributed by atoms with van der Waals surface area (Å²) in [4.78, 5) is 25.5. The van der Waals surface area contributed by atoms with E-state index in [9.17, 15) is 14.7 Å². The molecule has 0 spiro atoms. The number of hydrogen-bond acceptors (Lipinski definition) is 3. The second kappa shape index (κ2) is 4.77. The molecule has 5 heteroatoms. The zero-order valence-electron chi connectivity index (χ0n) is 10.8. The van der Waals surface area contributed by atoms with Gasteiger partial charge in [0.05, 0.1) is 11.1 Å². The molecular formula is C12H20N2O3. The molecule has 0 unspecified atom stereocenters. The summed E-state index contributed by atoms with van der Waals surface area (Å²) in [7, 11) is 0. The molecule has 0 atom stereocenters. The van der Waals surface area contributed by atoms with E-state index >= 15 is 0 Å². The Morgan fingerprint density at radius 1 is 1.18 bits per heavy atom. The number of nitrogens with one attached hydrogen (secondary N) is 1. The van der Waals surface area contributed by atoms with Crippen molar-refractivity contribution in [2.45, 2.75) is 52.5 Å². The maximum Gasteiger partial charge on any atom is 0.331 e. The SMILES string of the molecule is CCC(CC)(CC)n1c(O)c(C)c(=O)[nH]c1=O. The van der Waals surface area contributed by atoms with E-state index < -0.39 is 16.8 Å². The standard InChI is InChI=1S/C12H20N2O3/c1-5-12(6-2,7-3)14-10(16)8(4)9(15)13-11(14)17/h16H,5-7H2,1-4H3,(H,13,15,17). The summed E-state index contributed by atoms with van der Waals surface area (Å²) in [5.74, 6) is -0.218. The largest absolute Gasteiger partial charge is 0.494 e. The molecule has 0 fully saturated rings. The van der Waals surface area contributed by atoms with Gasteiger partial charge in [0.1, 0.15) is 0 Å². The highest BCUT2D eigenvalue weighted by atomic mass is 16.3. The Morgan fingerprint density at radius 2 is 1.65 bits per heavy atom. The van der Waals surface area contributed by atoms with Gasteiger partial charge in [0.2, 0.25) is 5.88 Å². The summed E-state index contributed by atoms with van der Waals surface area (Å²) in [6.07, 6.45) is 2.16.